The smallest absolute Gasteiger partial charge is 0.260 e. The lowest BCUT2D eigenvalue weighted by molar-refractivity contribution is 0.0391. The third-order valence-corrected chi connectivity index (χ3v) is 6.63. The largest absolute Gasteiger partial charge is 0.379 e. The van der Waals surface area contributed by atoms with Crippen molar-refractivity contribution in [2.75, 3.05) is 44.3 Å². The number of benzene rings is 2. The van der Waals surface area contributed by atoms with E-state index >= 15 is 0 Å². The number of anilines is 1. The van der Waals surface area contributed by atoms with Gasteiger partial charge in [-0.05, 0) is 55.7 Å². The zero-order valence-corrected chi connectivity index (χ0v) is 19.3. The Labute approximate surface area is 188 Å². The van der Waals surface area contributed by atoms with Crippen molar-refractivity contribution >= 4 is 45.0 Å². The number of fused-ring (bicyclic) bond motifs is 1. The fraction of sp³-hybridized carbons (Fsp3) is 0.391. The summed E-state index contributed by atoms with van der Waals surface area (Å²) in [7, 11) is 0. The molecule has 2 heterocycles. The Kier molecular flexibility index (Phi) is 7.47. The van der Waals surface area contributed by atoms with Crippen molar-refractivity contribution < 1.29 is 9.53 Å². The second-order valence-corrected chi connectivity index (χ2v) is 8.64. The fourth-order valence-corrected chi connectivity index (χ4v) is 4.64. The molecule has 0 aliphatic carbocycles. The van der Waals surface area contributed by atoms with Crippen LogP contribution in [0.15, 0.2) is 36.4 Å². The summed E-state index contributed by atoms with van der Waals surface area (Å²) in [5.41, 5.74) is 5.15. The van der Waals surface area contributed by atoms with Crippen LogP contribution in [0.25, 0.3) is 10.2 Å². The first kappa shape index (κ1) is 22.7. The third kappa shape index (κ3) is 4.83. The van der Waals surface area contributed by atoms with Gasteiger partial charge in [-0.25, -0.2) is 4.98 Å². The normalized spacial score (nSPS) is 14.5. The number of thiazole rings is 1. The number of hydrogen-bond donors (Lipinski definition) is 0. The van der Waals surface area contributed by atoms with Crippen LogP contribution < -0.4 is 4.90 Å². The van der Waals surface area contributed by atoms with E-state index in [9.17, 15) is 4.79 Å². The molecule has 160 valence electrons. The van der Waals surface area contributed by atoms with Gasteiger partial charge in [0.15, 0.2) is 5.13 Å². The van der Waals surface area contributed by atoms with Crippen molar-refractivity contribution in [3.05, 3.63) is 58.7 Å². The number of para-hydroxylation sites is 1. The summed E-state index contributed by atoms with van der Waals surface area (Å²) >= 11 is 1.59. The van der Waals surface area contributed by atoms with Crippen molar-refractivity contribution in [1.82, 2.24) is 9.88 Å². The summed E-state index contributed by atoms with van der Waals surface area (Å²) in [6.07, 6.45) is 0. The highest BCUT2D eigenvalue weighted by Gasteiger charge is 2.23. The van der Waals surface area contributed by atoms with Gasteiger partial charge in [0.1, 0.15) is 0 Å². The van der Waals surface area contributed by atoms with Gasteiger partial charge in [-0.15, -0.1) is 12.4 Å². The van der Waals surface area contributed by atoms with Crippen LogP contribution in [0.2, 0.25) is 0 Å². The molecule has 0 bridgehead atoms. The van der Waals surface area contributed by atoms with Gasteiger partial charge in [-0.2, -0.15) is 0 Å². The van der Waals surface area contributed by atoms with Crippen molar-refractivity contribution in [1.29, 1.82) is 0 Å². The molecule has 0 atom stereocenters. The van der Waals surface area contributed by atoms with Crippen LogP contribution in [0.4, 0.5) is 5.13 Å². The van der Waals surface area contributed by atoms with Crippen LogP contribution in [-0.4, -0.2) is 55.2 Å². The van der Waals surface area contributed by atoms with Crippen LogP contribution in [0, 0.1) is 20.8 Å². The van der Waals surface area contributed by atoms with Gasteiger partial charge in [0, 0.05) is 31.7 Å². The minimum Gasteiger partial charge on any atom is -0.379 e. The maximum atomic E-state index is 13.5. The monoisotopic (exact) mass is 445 g/mol. The number of ether oxygens (including phenoxy) is 1. The number of aromatic nitrogens is 1. The van der Waals surface area contributed by atoms with E-state index in [0.29, 0.717) is 12.1 Å². The van der Waals surface area contributed by atoms with Gasteiger partial charge in [0.05, 0.1) is 23.4 Å². The van der Waals surface area contributed by atoms with Gasteiger partial charge >= 0.3 is 0 Å². The van der Waals surface area contributed by atoms with E-state index in [1.807, 2.05) is 36.1 Å². The molecule has 3 aromatic rings. The number of carbonyl (C=O) groups is 1. The highest BCUT2D eigenvalue weighted by Crippen LogP contribution is 2.31. The molecule has 5 nitrogen and oxygen atoms in total. The summed E-state index contributed by atoms with van der Waals surface area (Å²) < 4.78 is 6.57. The zero-order chi connectivity index (χ0) is 20.4. The number of halogens is 1. The Morgan fingerprint density at radius 3 is 2.57 bits per heavy atom. The summed E-state index contributed by atoms with van der Waals surface area (Å²) in [6, 6.07) is 12.1. The first-order valence-electron chi connectivity index (χ1n) is 10.1. The highest BCUT2D eigenvalue weighted by molar-refractivity contribution is 7.22. The van der Waals surface area contributed by atoms with E-state index in [1.165, 1.54) is 5.56 Å². The van der Waals surface area contributed by atoms with Gasteiger partial charge in [-0.3, -0.25) is 14.6 Å². The first-order chi connectivity index (χ1) is 14.0. The fourth-order valence-electron chi connectivity index (χ4n) is 3.57. The Balaban J connectivity index is 0.00000256. The molecule has 4 rings (SSSR count). The van der Waals surface area contributed by atoms with E-state index in [2.05, 4.69) is 30.9 Å². The molecule has 1 saturated heterocycles. The Morgan fingerprint density at radius 2 is 1.87 bits per heavy atom. The number of amides is 1. The predicted octanol–water partition coefficient (Wildman–Crippen LogP) is 4.62. The van der Waals surface area contributed by atoms with Gasteiger partial charge in [0.2, 0.25) is 0 Å². The molecule has 0 N–H and O–H groups in total. The highest BCUT2D eigenvalue weighted by atomic mass is 35.5. The number of rotatable bonds is 5. The molecule has 0 spiro atoms. The third-order valence-electron chi connectivity index (χ3n) is 5.58. The number of aryl methyl sites for hydroxylation is 3. The average molecular weight is 446 g/mol. The van der Waals surface area contributed by atoms with Crippen LogP contribution in [0.5, 0.6) is 0 Å². The molecule has 1 aliphatic rings. The quantitative estimate of drug-likeness (QED) is 0.574. The second-order valence-electron chi connectivity index (χ2n) is 7.63. The summed E-state index contributed by atoms with van der Waals surface area (Å²) in [5, 5.41) is 0.769. The maximum Gasteiger partial charge on any atom is 0.260 e. The lowest BCUT2D eigenvalue weighted by atomic mass is 10.1. The number of morpholine rings is 1. The molecule has 1 aliphatic heterocycles. The van der Waals surface area contributed by atoms with Crippen LogP contribution in [0.1, 0.15) is 27.0 Å². The second kappa shape index (κ2) is 9.88. The lowest BCUT2D eigenvalue weighted by Crippen LogP contribution is -2.43. The maximum absolute atomic E-state index is 13.5. The van der Waals surface area contributed by atoms with Crippen LogP contribution >= 0.6 is 23.7 Å². The Hall–Kier alpha value is -1.99. The first-order valence-corrected chi connectivity index (χ1v) is 10.9. The topological polar surface area (TPSA) is 45.7 Å². The van der Waals surface area contributed by atoms with Crippen molar-refractivity contribution in [3.8, 4) is 0 Å². The lowest BCUT2D eigenvalue weighted by Gasteiger charge is -2.29. The predicted molar refractivity (Wildman–Crippen MR) is 126 cm³/mol. The summed E-state index contributed by atoms with van der Waals surface area (Å²) in [5.74, 6) is 0.0121. The average Bonchev–Trinajstić information content (AvgIpc) is 3.16. The van der Waals surface area contributed by atoms with E-state index in [-0.39, 0.29) is 18.3 Å². The van der Waals surface area contributed by atoms with Crippen molar-refractivity contribution in [2.24, 2.45) is 0 Å². The van der Waals surface area contributed by atoms with Gasteiger partial charge in [-0.1, -0.05) is 29.5 Å². The molecule has 0 unspecified atom stereocenters. The standard InChI is InChI=1S/C23H27N3O2S.ClH/c1-16-7-8-19(15-18(16)3)22(27)26(10-9-25-11-13-28-14-12-25)23-24-21-17(2)5-4-6-20(21)29-23;/h4-8,15H,9-14H2,1-3H3;1H. The molecule has 30 heavy (non-hydrogen) atoms. The van der Waals surface area contributed by atoms with E-state index in [0.717, 1.165) is 59.3 Å². The number of hydrogen-bond acceptors (Lipinski definition) is 5. The molecule has 0 saturated carbocycles. The minimum absolute atomic E-state index is 0. The summed E-state index contributed by atoms with van der Waals surface area (Å²) in [6.45, 7) is 10.9. The van der Waals surface area contributed by atoms with E-state index in [4.69, 9.17) is 9.72 Å². The van der Waals surface area contributed by atoms with Gasteiger partial charge in [0.25, 0.3) is 5.91 Å². The van der Waals surface area contributed by atoms with Crippen LogP contribution in [0.3, 0.4) is 0 Å². The van der Waals surface area contributed by atoms with E-state index in [1.54, 1.807) is 11.3 Å². The number of carbonyl (C=O) groups excluding carboxylic acids is 1. The molecule has 0 radical (unpaired) electrons. The minimum atomic E-state index is 0. The molecular formula is C23H28ClN3O2S. The molecular weight excluding hydrogens is 418 g/mol. The van der Waals surface area contributed by atoms with Gasteiger partial charge < -0.3 is 4.74 Å². The zero-order valence-electron chi connectivity index (χ0n) is 17.7. The van der Waals surface area contributed by atoms with E-state index < -0.39 is 0 Å². The molecule has 1 fully saturated rings. The van der Waals surface area contributed by atoms with Crippen LogP contribution in [-0.2, 0) is 4.74 Å². The van der Waals surface area contributed by atoms with Crippen molar-refractivity contribution in [3.63, 3.8) is 0 Å². The molecule has 1 amide bonds. The Bertz CT molecular complexity index is 1030. The summed E-state index contributed by atoms with van der Waals surface area (Å²) in [4.78, 5) is 22.5. The molecule has 2 aromatic carbocycles. The number of nitrogens with zero attached hydrogens (tertiary/aromatic N) is 3. The molecule has 1 aromatic heterocycles. The van der Waals surface area contributed by atoms with Crippen molar-refractivity contribution in [2.45, 2.75) is 20.8 Å². The molecule has 7 heteroatoms. The SMILES string of the molecule is Cc1ccc(C(=O)N(CCN2CCOCC2)c2nc3c(C)cccc3s2)cc1C.Cl. The Morgan fingerprint density at radius 1 is 1.10 bits per heavy atom.